The van der Waals surface area contributed by atoms with Gasteiger partial charge < -0.3 is 24.8 Å². The van der Waals surface area contributed by atoms with E-state index in [-0.39, 0.29) is 35.0 Å². The normalized spacial score (nSPS) is 9.54. The van der Waals surface area contributed by atoms with Gasteiger partial charge in [-0.3, -0.25) is 19.2 Å². The molecule has 0 amide bonds. The summed E-state index contributed by atoms with van der Waals surface area (Å²) in [5, 5.41) is 9.86. The molecule has 6 aromatic carbocycles. The lowest BCUT2D eigenvalue weighted by Gasteiger charge is -2.07. The Labute approximate surface area is 342 Å². The number of aromatic hydroxyl groups is 1. The van der Waals surface area contributed by atoms with Crippen molar-refractivity contribution in [1.82, 2.24) is 0 Å². The van der Waals surface area contributed by atoms with E-state index in [1.54, 1.807) is 55.5 Å². The molecule has 0 aliphatic rings. The van der Waals surface area contributed by atoms with Crippen molar-refractivity contribution in [1.29, 1.82) is 0 Å². The Morgan fingerprint density at radius 2 is 0.930 bits per heavy atom. The molecular weight excluding hydrogens is 788 g/mol. The standard InChI is InChI=1S/C17H16O4.C15H14O2.C8H8O2.C7H7Br.H2O/c1-20-17(19)11-16(18)14-8-5-9-15(10-14)21-12-13-6-3-2-4-7-13;1-12(16)14-8-5-9-15(10-14)17-11-13-6-3-2-4-7-13;1-6(9)7-3-2-4-8(10)5-7;8-6-7-4-2-1-3-5-7;/h2-10H,11-12H2,1H3;2-10H,11H2,1H3;2-5,10H,1H3;1-5H,6H2;1H2. The summed E-state index contributed by atoms with van der Waals surface area (Å²) in [5.74, 6) is 0.637. The number of phenolic OH excluding ortho intramolecular Hbond substituents is 1. The zero-order valence-electron chi connectivity index (χ0n) is 32.1. The Morgan fingerprint density at radius 3 is 1.32 bits per heavy atom. The Kier molecular flexibility index (Phi) is 21.7. The highest BCUT2D eigenvalue weighted by Crippen LogP contribution is 2.18. The van der Waals surface area contributed by atoms with Gasteiger partial charge in [-0.1, -0.05) is 143 Å². The maximum Gasteiger partial charge on any atom is 0.313 e. The fourth-order valence-electron chi connectivity index (χ4n) is 4.64. The lowest BCUT2D eigenvalue weighted by atomic mass is 10.1. The van der Waals surface area contributed by atoms with Gasteiger partial charge >= 0.3 is 5.97 Å². The Morgan fingerprint density at radius 1 is 0.526 bits per heavy atom. The van der Waals surface area contributed by atoms with Gasteiger partial charge in [0, 0.05) is 22.0 Å². The monoisotopic (exact) mass is 834 g/mol. The molecule has 0 unspecified atom stereocenters. The minimum Gasteiger partial charge on any atom is -0.508 e. The average Bonchev–Trinajstić information content (AvgIpc) is 3.24. The first-order valence-electron chi connectivity index (χ1n) is 17.6. The summed E-state index contributed by atoms with van der Waals surface area (Å²) in [7, 11) is 1.26. The van der Waals surface area contributed by atoms with Gasteiger partial charge in [-0.2, -0.15) is 0 Å². The van der Waals surface area contributed by atoms with Crippen molar-refractivity contribution in [2.75, 3.05) is 7.11 Å². The molecule has 0 saturated heterocycles. The number of ether oxygens (including phenoxy) is 3. The molecule has 57 heavy (non-hydrogen) atoms. The van der Waals surface area contributed by atoms with Crippen LogP contribution in [0.2, 0.25) is 0 Å². The number of alkyl halides is 1. The third kappa shape index (κ3) is 18.7. The summed E-state index contributed by atoms with van der Waals surface area (Å²) in [6.45, 7) is 3.96. The molecule has 6 rings (SSSR count). The van der Waals surface area contributed by atoms with Crippen LogP contribution < -0.4 is 9.47 Å². The second-order valence-corrected chi connectivity index (χ2v) is 12.6. The quantitative estimate of drug-likeness (QED) is 0.0555. The molecule has 0 fully saturated rings. The van der Waals surface area contributed by atoms with Crippen LogP contribution in [-0.4, -0.2) is 41.0 Å². The van der Waals surface area contributed by atoms with Crippen LogP contribution in [0, 0.1) is 0 Å². The highest BCUT2D eigenvalue weighted by molar-refractivity contribution is 9.08. The summed E-state index contributed by atoms with van der Waals surface area (Å²) in [6.07, 6.45) is -0.265. The molecule has 0 aromatic heterocycles. The van der Waals surface area contributed by atoms with Crippen LogP contribution in [-0.2, 0) is 28.1 Å². The van der Waals surface area contributed by atoms with E-state index in [9.17, 15) is 19.2 Å². The number of ketones is 3. The van der Waals surface area contributed by atoms with E-state index in [4.69, 9.17) is 14.6 Å². The van der Waals surface area contributed by atoms with Crippen molar-refractivity contribution in [2.24, 2.45) is 0 Å². The van der Waals surface area contributed by atoms with Gasteiger partial charge in [0.1, 0.15) is 36.9 Å². The number of methoxy groups -OCH3 is 1. The van der Waals surface area contributed by atoms with E-state index in [1.807, 2.05) is 91.0 Å². The molecular formula is C47H47BrO9. The largest absolute Gasteiger partial charge is 0.508 e. The molecule has 0 heterocycles. The molecule has 6 aromatic rings. The maximum atomic E-state index is 11.9. The fourth-order valence-corrected chi connectivity index (χ4v) is 5.02. The fraction of sp³-hybridized carbons (Fsp3) is 0.149. The van der Waals surface area contributed by atoms with Gasteiger partial charge in [0.25, 0.3) is 0 Å². The van der Waals surface area contributed by atoms with Crippen molar-refractivity contribution < 1.29 is 44.0 Å². The molecule has 0 radical (unpaired) electrons. The summed E-state index contributed by atoms with van der Waals surface area (Å²) in [6, 6.07) is 50.3. The van der Waals surface area contributed by atoms with Gasteiger partial charge in [0.05, 0.1) is 7.11 Å². The van der Waals surface area contributed by atoms with E-state index in [0.717, 1.165) is 22.2 Å². The zero-order chi connectivity index (χ0) is 40.5. The molecule has 0 aliphatic carbocycles. The Balaban J connectivity index is 0.000000278. The highest BCUT2D eigenvalue weighted by Gasteiger charge is 2.12. The van der Waals surface area contributed by atoms with Crippen LogP contribution >= 0.6 is 15.9 Å². The number of carbonyl (C=O) groups is 4. The number of hydrogen-bond donors (Lipinski definition) is 1. The smallest absolute Gasteiger partial charge is 0.313 e. The number of phenols is 1. The van der Waals surface area contributed by atoms with Crippen molar-refractivity contribution in [3.63, 3.8) is 0 Å². The number of rotatable bonds is 12. The Bertz CT molecular complexity index is 2100. The van der Waals surface area contributed by atoms with E-state index < -0.39 is 5.97 Å². The van der Waals surface area contributed by atoms with E-state index >= 15 is 0 Å². The van der Waals surface area contributed by atoms with Crippen LogP contribution in [0.4, 0.5) is 0 Å². The summed E-state index contributed by atoms with van der Waals surface area (Å²) >= 11 is 3.36. The molecule has 0 saturated carbocycles. The lowest BCUT2D eigenvalue weighted by Crippen LogP contribution is -2.09. The predicted molar refractivity (Wildman–Crippen MR) is 226 cm³/mol. The molecule has 9 nitrogen and oxygen atoms in total. The molecule has 0 bridgehead atoms. The molecule has 10 heteroatoms. The number of hydrogen-bond acceptors (Lipinski definition) is 8. The number of Topliss-reactive ketones (excluding diaryl/α,β-unsaturated/α-hetero) is 3. The van der Waals surface area contributed by atoms with Gasteiger partial charge in [0.2, 0.25) is 0 Å². The van der Waals surface area contributed by atoms with Crippen LogP contribution in [0.3, 0.4) is 0 Å². The molecule has 0 aliphatic heterocycles. The van der Waals surface area contributed by atoms with Crippen molar-refractivity contribution in [3.8, 4) is 17.2 Å². The zero-order valence-corrected chi connectivity index (χ0v) is 33.7. The molecule has 296 valence electrons. The van der Waals surface area contributed by atoms with E-state index in [2.05, 4.69) is 32.8 Å². The van der Waals surface area contributed by atoms with Crippen LogP contribution in [0.25, 0.3) is 0 Å². The van der Waals surface area contributed by atoms with Crippen LogP contribution in [0.5, 0.6) is 17.2 Å². The summed E-state index contributed by atoms with van der Waals surface area (Å²) in [4.78, 5) is 44.9. The Hall–Kier alpha value is -6.36. The minimum absolute atomic E-state index is 0. The van der Waals surface area contributed by atoms with Gasteiger partial charge in [0.15, 0.2) is 17.3 Å². The van der Waals surface area contributed by atoms with Crippen molar-refractivity contribution in [2.45, 2.75) is 38.8 Å². The molecule has 0 atom stereocenters. The predicted octanol–water partition coefficient (Wildman–Crippen LogP) is 9.83. The third-order valence-corrected chi connectivity index (χ3v) is 8.32. The SMILES string of the molecule is BrCc1ccccc1.CC(=O)c1cccc(O)c1.CC(=O)c1cccc(OCc2ccccc2)c1.COC(=O)CC(=O)c1cccc(OCc2ccccc2)c1.O. The number of carbonyl (C=O) groups excluding carboxylic acids is 4. The number of benzene rings is 6. The van der Waals surface area contributed by atoms with Gasteiger partial charge in [-0.05, 0) is 66.9 Å². The molecule has 0 spiro atoms. The van der Waals surface area contributed by atoms with Crippen LogP contribution in [0.15, 0.2) is 164 Å². The molecule has 3 N–H and O–H groups in total. The second-order valence-electron chi connectivity index (χ2n) is 12.1. The second kappa shape index (κ2) is 26.4. The highest BCUT2D eigenvalue weighted by atomic mass is 79.9. The first-order chi connectivity index (χ1) is 27.1. The van der Waals surface area contributed by atoms with Gasteiger partial charge in [-0.25, -0.2) is 0 Å². The van der Waals surface area contributed by atoms with Crippen molar-refractivity contribution in [3.05, 3.63) is 197 Å². The number of esters is 1. The summed E-state index contributed by atoms with van der Waals surface area (Å²) in [5.41, 5.74) is 5.14. The first-order valence-corrected chi connectivity index (χ1v) is 18.7. The minimum atomic E-state index is -0.546. The topological polar surface area (TPSA) is 148 Å². The lowest BCUT2D eigenvalue weighted by molar-refractivity contribution is -0.139. The van der Waals surface area contributed by atoms with E-state index in [0.29, 0.717) is 35.7 Å². The third-order valence-electron chi connectivity index (χ3n) is 7.68. The van der Waals surface area contributed by atoms with E-state index in [1.165, 1.54) is 31.7 Å². The van der Waals surface area contributed by atoms with Crippen molar-refractivity contribution >= 4 is 39.2 Å². The van der Waals surface area contributed by atoms with Gasteiger partial charge in [-0.15, -0.1) is 0 Å². The summed E-state index contributed by atoms with van der Waals surface area (Å²) < 4.78 is 15.8. The first kappa shape index (κ1) is 46.8. The average molecular weight is 836 g/mol. The maximum absolute atomic E-state index is 11.9. The van der Waals surface area contributed by atoms with Crippen LogP contribution in [0.1, 0.15) is 68.0 Å². The number of halogens is 1.